The lowest BCUT2D eigenvalue weighted by Crippen LogP contribution is -2.24. The molecule has 0 aliphatic rings. The summed E-state index contributed by atoms with van der Waals surface area (Å²) in [6.07, 6.45) is 1.52. The Morgan fingerprint density at radius 1 is 1.67 bits per heavy atom. The number of thiocarbonyl (C=S) groups is 1. The summed E-state index contributed by atoms with van der Waals surface area (Å²) in [6.45, 7) is 0. The number of nitrogens with zero attached hydrogens (tertiary/aromatic N) is 1. The van der Waals surface area contributed by atoms with Crippen molar-refractivity contribution in [2.24, 2.45) is 10.8 Å². The van der Waals surface area contributed by atoms with Crippen molar-refractivity contribution in [3.05, 3.63) is 28.8 Å². The first-order valence-corrected chi connectivity index (χ1v) is 4.84. The molecule has 0 bridgehead atoms. The summed E-state index contributed by atoms with van der Waals surface area (Å²) in [4.78, 5) is 0. The van der Waals surface area contributed by atoms with Gasteiger partial charge in [-0.15, -0.1) is 0 Å². The minimum absolute atomic E-state index is 0.102. The third-order valence-corrected chi connectivity index (χ3v) is 2.09. The van der Waals surface area contributed by atoms with Gasteiger partial charge in [-0.2, -0.15) is 5.10 Å². The van der Waals surface area contributed by atoms with Crippen molar-refractivity contribution in [1.82, 2.24) is 5.43 Å². The number of hydrazone groups is 1. The molecule has 0 fully saturated rings. The smallest absolute Gasteiger partial charge is 0.184 e. The van der Waals surface area contributed by atoms with Crippen LogP contribution in [0.25, 0.3) is 0 Å². The van der Waals surface area contributed by atoms with Gasteiger partial charge < -0.3 is 10.5 Å². The van der Waals surface area contributed by atoms with Gasteiger partial charge in [-0.3, -0.25) is 5.43 Å². The highest BCUT2D eigenvalue weighted by Gasteiger charge is 2.03. The summed E-state index contributed by atoms with van der Waals surface area (Å²) in [5.41, 5.74) is 8.36. The zero-order valence-electron chi connectivity index (χ0n) is 8.03. The van der Waals surface area contributed by atoms with Crippen LogP contribution in [0.2, 0.25) is 5.02 Å². The van der Waals surface area contributed by atoms with E-state index >= 15 is 0 Å². The van der Waals surface area contributed by atoms with Crippen molar-refractivity contribution in [1.29, 1.82) is 0 Å². The molecule has 1 rings (SSSR count). The van der Waals surface area contributed by atoms with E-state index in [1.54, 1.807) is 19.2 Å². The maximum atomic E-state index is 6.02. The molecule has 1 aromatic rings. The summed E-state index contributed by atoms with van der Waals surface area (Å²) in [5, 5.41) is 4.39. The van der Waals surface area contributed by atoms with Gasteiger partial charge in [0.1, 0.15) is 5.75 Å². The molecule has 15 heavy (non-hydrogen) atoms. The van der Waals surface area contributed by atoms with Gasteiger partial charge in [0.05, 0.1) is 18.3 Å². The molecular formula is C9H10ClN3OS. The second kappa shape index (κ2) is 5.53. The Hall–Kier alpha value is -1.33. The van der Waals surface area contributed by atoms with E-state index in [0.717, 1.165) is 5.56 Å². The van der Waals surface area contributed by atoms with Crippen molar-refractivity contribution in [2.75, 3.05) is 7.11 Å². The summed E-state index contributed by atoms with van der Waals surface area (Å²) >= 11 is 10.6. The third kappa shape index (κ3) is 3.38. The zero-order chi connectivity index (χ0) is 11.3. The summed E-state index contributed by atoms with van der Waals surface area (Å²) < 4.78 is 5.05. The number of rotatable bonds is 3. The molecule has 0 aliphatic carbocycles. The second-order valence-corrected chi connectivity index (χ2v) is 3.42. The van der Waals surface area contributed by atoms with Crippen LogP contribution >= 0.6 is 23.8 Å². The molecule has 4 nitrogen and oxygen atoms in total. The Morgan fingerprint density at radius 2 is 2.40 bits per heavy atom. The fraction of sp³-hybridized carbons (Fsp3) is 0.111. The van der Waals surface area contributed by atoms with E-state index < -0.39 is 0 Å². The monoisotopic (exact) mass is 243 g/mol. The predicted molar refractivity (Wildman–Crippen MR) is 65.5 cm³/mol. The van der Waals surface area contributed by atoms with E-state index in [1.807, 2.05) is 6.07 Å². The van der Waals surface area contributed by atoms with Crippen LogP contribution in [0.3, 0.4) is 0 Å². The average molecular weight is 244 g/mol. The van der Waals surface area contributed by atoms with Crippen LogP contribution < -0.4 is 15.9 Å². The van der Waals surface area contributed by atoms with Crippen molar-refractivity contribution in [2.45, 2.75) is 0 Å². The minimum atomic E-state index is 0.102. The lowest BCUT2D eigenvalue weighted by Gasteiger charge is -2.04. The first kappa shape index (κ1) is 11.7. The van der Waals surface area contributed by atoms with E-state index in [0.29, 0.717) is 10.8 Å². The quantitative estimate of drug-likeness (QED) is 0.480. The van der Waals surface area contributed by atoms with E-state index in [9.17, 15) is 0 Å². The first-order valence-electron chi connectivity index (χ1n) is 4.06. The number of nitrogens with one attached hydrogen (secondary N) is 1. The Labute approximate surface area is 98.1 Å². The molecule has 0 amide bonds. The van der Waals surface area contributed by atoms with Gasteiger partial charge in [-0.25, -0.2) is 0 Å². The Morgan fingerprint density at radius 3 is 3.00 bits per heavy atom. The third-order valence-electron chi connectivity index (χ3n) is 1.59. The van der Waals surface area contributed by atoms with Crippen molar-refractivity contribution < 1.29 is 4.74 Å². The fourth-order valence-electron chi connectivity index (χ4n) is 0.951. The van der Waals surface area contributed by atoms with Crippen LogP contribution in [0.5, 0.6) is 5.75 Å². The molecule has 0 atom stereocenters. The number of halogens is 1. The number of nitrogens with two attached hydrogens (primary N) is 1. The number of benzene rings is 1. The highest BCUT2D eigenvalue weighted by atomic mass is 35.5. The van der Waals surface area contributed by atoms with Crippen LogP contribution in [-0.2, 0) is 0 Å². The second-order valence-electron chi connectivity index (χ2n) is 2.60. The van der Waals surface area contributed by atoms with Crippen LogP contribution in [0.15, 0.2) is 23.3 Å². The van der Waals surface area contributed by atoms with Crippen LogP contribution in [-0.4, -0.2) is 18.4 Å². The van der Waals surface area contributed by atoms with E-state index in [1.165, 1.54) is 6.21 Å². The maximum absolute atomic E-state index is 6.02. The van der Waals surface area contributed by atoms with E-state index in [2.05, 4.69) is 22.7 Å². The first-order chi connectivity index (χ1) is 7.15. The predicted octanol–water partition coefficient (Wildman–Crippen LogP) is 1.52. The van der Waals surface area contributed by atoms with Gasteiger partial charge in [-0.1, -0.05) is 23.7 Å². The SMILES string of the molecule is COc1cccc(C=NNC(N)=S)c1Cl. The largest absolute Gasteiger partial charge is 0.495 e. The molecule has 0 unspecified atom stereocenters. The van der Waals surface area contributed by atoms with Crippen LogP contribution in [0, 0.1) is 0 Å². The topological polar surface area (TPSA) is 59.6 Å². The molecule has 0 saturated heterocycles. The molecule has 0 spiro atoms. The van der Waals surface area contributed by atoms with Crippen LogP contribution in [0.4, 0.5) is 0 Å². The van der Waals surface area contributed by atoms with Gasteiger partial charge >= 0.3 is 0 Å². The molecular weight excluding hydrogens is 234 g/mol. The Balaban J connectivity index is 2.85. The van der Waals surface area contributed by atoms with Crippen molar-refractivity contribution in [3.8, 4) is 5.75 Å². The van der Waals surface area contributed by atoms with Crippen LogP contribution in [0.1, 0.15) is 5.56 Å². The summed E-state index contributed by atoms with van der Waals surface area (Å²) in [6, 6.07) is 5.38. The van der Waals surface area contributed by atoms with E-state index in [4.69, 9.17) is 22.1 Å². The highest BCUT2D eigenvalue weighted by Crippen LogP contribution is 2.26. The van der Waals surface area contributed by atoms with Gasteiger partial charge in [0.25, 0.3) is 0 Å². The van der Waals surface area contributed by atoms with Gasteiger partial charge in [0.2, 0.25) is 0 Å². The van der Waals surface area contributed by atoms with Gasteiger partial charge in [0.15, 0.2) is 5.11 Å². The molecule has 0 saturated carbocycles. The molecule has 0 aromatic heterocycles. The number of hydrogen-bond donors (Lipinski definition) is 2. The lowest BCUT2D eigenvalue weighted by molar-refractivity contribution is 0.415. The number of methoxy groups -OCH3 is 1. The maximum Gasteiger partial charge on any atom is 0.184 e. The minimum Gasteiger partial charge on any atom is -0.495 e. The molecule has 3 N–H and O–H groups in total. The molecule has 6 heteroatoms. The Kier molecular flexibility index (Phi) is 4.33. The van der Waals surface area contributed by atoms with Gasteiger partial charge in [-0.05, 0) is 18.3 Å². The van der Waals surface area contributed by atoms with Crippen molar-refractivity contribution in [3.63, 3.8) is 0 Å². The normalized spacial score (nSPS) is 10.3. The van der Waals surface area contributed by atoms with E-state index in [-0.39, 0.29) is 5.11 Å². The molecule has 1 aromatic carbocycles. The summed E-state index contributed by atoms with van der Waals surface area (Å²) in [7, 11) is 1.55. The zero-order valence-corrected chi connectivity index (χ0v) is 9.60. The molecule has 80 valence electrons. The average Bonchev–Trinajstić information content (AvgIpc) is 2.20. The van der Waals surface area contributed by atoms with Gasteiger partial charge in [0, 0.05) is 5.56 Å². The van der Waals surface area contributed by atoms with Crippen molar-refractivity contribution >= 4 is 35.1 Å². The fourth-order valence-corrected chi connectivity index (χ4v) is 1.26. The molecule has 0 heterocycles. The lowest BCUT2D eigenvalue weighted by atomic mass is 10.2. The standard InChI is InChI=1S/C9H10ClN3OS/c1-14-7-4-2-3-6(8(7)10)5-12-13-9(11)15/h2-5H,1H3,(H3,11,13,15). The number of hydrogen-bond acceptors (Lipinski definition) is 3. The Bertz CT molecular complexity index is 395. The highest BCUT2D eigenvalue weighted by molar-refractivity contribution is 7.80. The summed E-state index contributed by atoms with van der Waals surface area (Å²) in [5.74, 6) is 0.593. The molecule has 0 aliphatic heterocycles. The number of ether oxygens (including phenoxy) is 1. The molecule has 0 radical (unpaired) electrons.